The van der Waals surface area contributed by atoms with Gasteiger partial charge in [-0.1, -0.05) is 0 Å². The lowest BCUT2D eigenvalue weighted by Gasteiger charge is -2.17. The van der Waals surface area contributed by atoms with Crippen LogP contribution in [0.1, 0.15) is 10.6 Å². The minimum absolute atomic E-state index is 0.00520. The number of ether oxygens (including phenoxy) is 1. The molecule has 1 fully saturated rings. The van der Waals surface area contributed by atoms with Gasteiger partial charge in [0.2, 0.25) is 0 Å². The highest BCUT2D eigenvalue weighted by Crippen LogP contribution is 2.13. The van der Waals surface area contributed by atoms with E-state index in [1.807, 2.05) is 0 Å². The third-order valence-electron chi connectivity index (χ3n) is 2.57. The summed E-state index contributed by atoms with van der Waals surface area (Å²) in [5, 5.41) is 6.18. The third kappa shape index (κ3) is 2.37. The molecule has 6 heteroatoms. The summed E-state index contributed by atoms with van der Waals surface area (Å²) in [6, 6.07) is 3.04. The van der Waals surface area contributed by atoms with Crippen molar-refractivity contribution in [3.63, 3.8) is 0 Å². The number of carbonyl (C=O) groups is 1. The second-order valence-electron chi connectivity index (χ2n) is 3.62. The molecule has 1 saturated heterocycles. The molecule has 1 amide bonds. The fourth-order valence-electron chi connectivity index (χ4n) is 1.72. The lowest BCUT2D eigenvalue weighted by atomic mass is 10.2. The second kappa shape index (κ2) is 4.86. The molecule has 1 aromatic rings. The Bertz CT molecular complexity index is 380. The molecule has 1 aromatic heterocycles. The van der Waals surface area contributed by atoms with Gasteiger partial charge in [-0.25, -0.2) is 0 Å². The van der Waals surface area contributed by atoms with Crippen LogP contribution in [-0.4, -0.2) is 38.3 Å². The van der Waals surface area contributed by atoms with Crippen molar-refractivity contribution in [2.45, 2.75) is 12.1 Å². The fourth-order valence-corrected chi connectivity index (χ4v) is 1.87. The molecule has 88 valence electrons. The van der Waals surface area contributed by atoms with E-state index in [4.69, 9.17) is 20.8 Å². The Labute approximate surface area is 98.1 Å². The first-order valence-electron chi connectivity index (χ1n) is 5.00. The molecule has 1 aliphatic rings. The zero-order valence-electron chi connectivity index (χ0n) is 8.83. The molecule has 0 radical (unpaired) electrons. The molecule has 2 atom stereocenters. The van der Waals surface area contributed by atoms with Gasteiger partial charge in [0.1, 0.15) is 0 Å². The Hall–Kier alpha value is -1.04. The SMILES string of the molecule is CO[C@H]1CNCC1NC(=O)c1ccc(Cl)o1. The summed E-state index contributed by atoms with van der Waals surface area (Å²) in [6.45, 7) is 1.43. The normalized spacial score (nSPS) is 24.6. The molecule has 16 heavy (non-hydrogen) atoms. The van der Waals surface area contributed by atoms with Gasteiger partial charge in [-0.2, -0.15) is 0 Å². The van der Waals surface area contributed by atoms with Crippen LogP contribution in [0, 0.1) is 0 Å². The van der Waals surface area contributed by atoms with Crippen molar-refractivity contribution >= 4 is 17.5 Å². The van der Waals surface area contributed by atoms with E-state index in [0.29, 0.717) is 6.54 Å². The largest absolute Gasteiger partial charge is 0.440 e. The number of nitrogens with one attached hydrogen (secondary N) is 2. The van der Waals surface area contributed by atoms with Gasteiger partial charge in [0.15, 0.2) is 11.0 Å². The van der Waals surface area contributed by atoms with Crippen LogP contribution in [0.25, 0.3) is 0 Å². The Kier molecular flexibility index (Phi) is 3.48. The molecule has 2 rings (SSSR count). The number of amides is 1. The number of methoxy groups -OCH3 is 1. The van der Waals surface area contributed by atoms with Gasteiger partial charge in [-0.05, 0) is 23.7 Å². The molecule has 0 saturated carbocycles. The van der Waals surface area contributed by atoms with Gasteiger partial charge in [-0.15, -0.1) is 0 Å². The summed E-state index contributed by atoms with van der Waals surface area (Å²) in [7, 11) is 1.63. The molecule has 0 aromatic carbocycles. The topological polar surface area (TPSA) is 63.5 Å². The maximum Gasteiger partial charge on any atom is 0.287 e. The van der Waals surface area contributed by atoms with E-state index in [1.54, 1.807) is 13.2 Å². The molecular weight excluding hydrogens is 232 g/mol. The van der Waals surface area contributed by atoms with Crippen molar-refractivity contribution in [1.82, 2.24) is 10.6 Å². The summed E-state index contributed by atoms with van der Waals surface area (Å²) in [4.78, 5) is 11.7. The Balaban J connectivity index is 1.97. The molecule has 0 spiro atoms. The quantitative estimate of drug-likeness (QED) is 0.820. The summed E-state index contributed by atoms with van der Waals surface area (Å²) in [6.07, 6.45) is -0.00520. The Morgan fingerprint density at radius 3 is 3.06 bits per heavy atom. The summed E-state index contributed by atoms with van der Waals surface area (Å²) in [5.74, 6) is -0.0607. The van der Waals surface area contributed by atoms with Crippen LogP contribution in [-0.2, 0) is 4.74 Å². The smallest absolute Gasteiger partial charge is 0.287 e. The molecular formula is C10H13ClN2O3. The van der Waals surface area contributed by atoms with Crippen molar-refractivity contribution in [2.24, 2.45) is 0 Å². The molecule has 2 N–H and O–H groups in total. The van der Waals surface area contributed by atoms with Gasteiger partial charge in [0.05, 0.1) is 12.1 Å². The fraction of sp³-hybridized carbons (Fsp3) is 0.500. The number of carbonyl (C=O) groups excluding carboxylic acids is 1. The zero-order valence-corrected chi connectivity index (χ0v) is 9.58. The summed E-state index contributed by atoms with van der Waals surface area (Å²) < 4.78 is 10.2. The predicted molar refractivity (Wildman–Crippen MR) is 58.6 cm³/mol. The van der Waals surface area contributed by atoms with Gasteiger partial charge >= 0.3 is 0 Å². The van der Waals surface area contributed by atoms with E-state index < -0.39 is 0 Å². The van der Waals surface area contributed by atoms with Crippen LogP contribution in [0.2, 0.25) is 5.22 Å². The minimum Gasteiger partial charge on any atom is -0.440 e. The highest BCUT2D eigenvalue weighted by molar-refractivity contribution is 6.29. The second-order valence-corrected chi connectivity index (χ2v) is 3.99. The van der Waals surface area contributed by atoms with E-state index in [-0.39, 0.29) is 29.0 Å². The van der Waals surface area contributed by atoms with E-state index in [1.165, 1.54) is 6.07 Å². The minimum atomic E-state index is -0.275. The first-order valence-corrected chi connectivity index (χ1v) is 5.38. The number of furan rings is 1. The molecule has 0 aliphatic carbocycles. The van der Waals surface area contributed by atoms with Crippen LogP contribution in [0.3, 0.4) is 0 Å². The van der Waals surface area contributed by atoms with E-state index >= 15 is 0 Å². The summed E-state index contributed by atoms with van der Waals surface area (Å²) in [5.41, 5.74) is 0. The summed E-state index contributed by atoms with van der Waals surface area (Å²) >= 11 is 5.59. The standard InChI is InChI=1S/C10H13ClN2O3/c1-15-8-5-12-4-6(8)13-10(14)7-2-3-9(11)16-7/h2-3,6,8,12H,4-5H2,1H3,(H,13,14)/t6?,8-/m0/s1. The molecule has 1 aliphatic heterocycles. The average Bonchev–Trinajstić information content (AvgIpc) is 2.86. The first kappa shape index (κ1) is 11.4. The predicted octanol–water partition coefficient (Wildman–Crippen LogP) is 0.650. The molecule has 0 bridgehead atoms. The lowest BCUT2D eigenvalue weighted by molar-refractivity contribution is 0.0760. The highest BCUT2D eigenvalue weighted by atomic mass is 35.5. The van der Waals surface area contributed by atoms with Gasteiger partial charge in [-0.3, -0.25) is 4.79 Å². The number of halogens is 1. The van der Waals surface area contributed by atoms with Gasteiger partial charge < -0.3 is 19.8 Å². The monoisotopic (exact) mass is 244 g/mol. The highest BCUT2D eigenvalue weighted by Gasteiger charge is 2.29. The van der Waals surface area contributed by atoms with Gasteiger partial charge in [0.25, 0.3) is 5.91 Å². The number of hydrogen-bond acceptors (Lipinski definition) is 4. The van der Waals surface area contributed by atoms with Crippen LogP contribution in [0.5, 0.6) is 0 Å². The average molecular weight is 245 g/mol. The molecule has 2 heterocycles. The van der Waals surface area contributed by atoms with E-state index in [2.05, 4.69) is 10.6 Å². The first-order chi connectivity index (χ1) is 7.70. The lowest BCUT2D eigenvalue weighted by Crippen LogP contribution is -2.43. The maximum absolute atomic E-state index is 11.7. The van der Waals surface area contributed by atoms with Crippen molar-refractivity contribution in [2.75, 3.05) is 20.2 Å². The third-order valence-corrected chi connectivity index (χ3v) is 2.78. The van der Waals surface area contributed by atoms with Crippen LogP contribution >= 0.6 is 11.6 Å². The number of hydrogen-bond donors (Lipinski definition) is 2. The molecule has 5 nitrogen and oxygen atoms in total. The van der Waals surface area contributed by atoms with Crippen LogP contribution < -0.4 is 10.6 Å². The Morgan fingerprint density at radius 2 is 2.44 bits per heavy atom. The van der Waals surface area contributed by atoms with Crippen molar-refractivity contribution in [3.8, 4) is 0 Å². The van der Waals surface area contributed by atoms with E-state index in [0.717, 1.165) is 6.54 Å². The van der Waals surface area contributed by atoms with Crippen molar-refractivity contribution in [3.05, 3.63) is 23.1 Å². The maximum atomic E-state index is 11.7. The molecule has 1 unspecified atom stereocenters. The van der Waals surface area contributed by atoms with Crippen LogP contribution in [0.15, 0.2) is 16.5 Å². The Morgan fingerprint density at radius 1 is 1.62 bits per heavy atom. The van der Waals surface area contributed by atoms with E-state index in [9.17, 15) is 4.79 Å². The van der Waals surface area contributed by atoms with Crippen molar-refractivity contribution < 1.29 is 13.9 Å². The van der Waals surface area contributed by atoms with Gasteiger partial charge in [0, 0.05) is 20.2 Å². The number of rotatable bonds is 3. The van der Waals surface area contributed by atoms with Crippen molar-refractivity contribution in [1.29, 1.82) is 0 Å². The van der Waals surface area contributed by atoms with Crippen LogP contribution in [0.4, 0.5) is 0 Å². The zero-order chi connectivity index (χ0) is 11.5.